The molecule has 0 aliphatic carbocycles. The van der Waals surface area contributed by atoms with Crippen LogP contribution >= 0.6 is 11.8 Å². The zero-order chi connectivity index (χ0) is 10.5. The molecule has 1 heterocycles. The lowest BCUT2D eigenvalue weighted by Crippen LogP contribution is -2.45. The van der Waals surface area contributed by atoms with Gasteiger partial charge in [0, 0.05) is 36.1 Å². The highest BCUT2D eigenvalue weighted by Crippen LogP contribution is 2.20. The summed E-state index contributed by atoms with van der Waals surface area (Å²) in [5.74, 6) is 1.95. The van der Waals surface area contributed by atoms with Gasteiger partial charge in [0.05, 0.1) is 0 Å². The van der Waals surface area contributed by atoms with Crippen LogP contribution in [-0.4, -0.2) is 25.4 Å². The van der Waals surface area contributed by atoms with Gasteiger partial charge < -0.3 is 10.6 Å². The number of nitrogens with one attached hydrogen (secondary N) is 2. The molecule has 1 aromatic rings. The van der Waals surface area contributed by atoms with Crippen LogP contribution < -0.4 is 10.6 Å². The van der Waals surface area contributed by atoms with Gasteiger partial charge in [-0.2, -0.15) is 0 Å². The summed E-state index contributed by atoms with van der Waals surface area (Å²) in [4.78, 5) is 1.35. The van der Waals surface area contributed by atoms with E-state index in [9.17, 15) is 0 Å². The van der Waals surface area contributed by atoms with Crippen molar-refractivity contribution in [2.45, 2.75) is 11.8 Å². The Bertz CT molecular complexity index is 293. The highest BCUT2D eigenvalue weighted by Gasteiger charge is 2.15. The predicted molar refractivity (Wildman–Crippen MR) is 67.7 cm³/mol. The molecule has 0 aromatic heterocycles. The Labute approximate surface area is 95.8 Å². The lowest BCUT2D eigenvalue weighted by Gasteiger charge is -2.27. The van der Waals surface area contributed by atoms with Crippen molar-refractivity contribution >= 4 is 17.4 Å². The van der Waals surface area contributed by atoms with Crippen molar-refractivity contribution in [2.75, 3.05) is 30.7 Å². The maximum Gasteiger partial charge on any atom is 0.0341 e. The van der Waals surface area contributed by atoms with Gasteiger partial charge in [-0.25, -0.2) is 0 Å². The Kier molecular flexibility index (Phi) is 3.92. The number of hydrogen-bond donors (Lipinski definition) is 2. The van der Waals surface area contributed by atoms with Gasteiger partial charge in [-0.15, -0.1) is 11.8 Å². The Morgan fingerprint density at radius 3 is 2.60 bits per heavy atom. The monoisotopic (exact) mass is 222 g/mol. The molecule has 0 bridgehead atoms. The van der Waals surface area contributed by atoms with Gasteiger partial charge in [-0.3, -0.25) is 0 Å². The van der Waals surface area contributed by atoms with E-state index in [0.717, 1.165) is 31.3 Å². The van der Waals surface area contributed by atoms with Gasteiger partial charge in [0.25, 0.3) is 0 Å². The smallest absolute Gasteiger partial charge is 0.0341 e. The van der Waals surface area contributed by atoms with Crippen LogP contribution in [0.15, 0.2) is 29.2 Å². The summed E-state index contributed by atoms with van der Waals surface area (Å²) in [6.45, 7) is 5.60. The molecule has 0 atom stereocenters. The van der Waals surface area contributed by atoms with E-state index in [-0.39, 0.29) is 0 Å². The first-order chi connectivity index (χ1) is 7.38. The largest absolute Gasteiger partial charge is 0.385 e. The molecule has 2 N–H and O–H groups in total. The molecular weight excluding hydrogens is 204 g/mol. The molecule has 0 radical (unpaired) electrons. The molecular formula is C12H18N2S. The third-order valence-corrected chi connectivity index (χ3v) is 3.52. The second-order valence-electron chi connectivity index (χ2n) is 3.86. The van der Waals surface area contributed by atoms with Crippen LogP contribution in [0.4, 0.5) is 5.69 Å². The van der Waals surface area contributed by atoms with Crippen LogP contribution in [0, 0.1) is 5.92 Å². The minimum atomic E-state index is 0.815. The van der Waals surface area contributed by atoms with Gasteiger partial charge in [0.2, 0.25) is 0 Å². The summed E-state index contributed by atoms with van der Waals surface area (Å²) in [6, 6.07) is 8.72. The lowest BCUT2D eigenvalue weighted by molar-refractivity contribution is 0.365. The third kappa shape index (κ3) is 3.14. The molecule has 0 unspecified atom stereocenters. The molecule has 0 saturated carbocycles. The van der Waals surface area contributed by atoms with Crippen molar-refractivity contribution in [2.24, 2.45) is 5.92 Å². The summed E-state index contributed by atoms with van der Waals surface area (Å²) < 4.78 is 0. The Morgan fingerprint density at radius 2 is 2.07 bits per heavy atom. The Hall–Kier alpha value is -0.670. The SMILES string of the molecule is CCSc1ccc(NCC2CNC2)cc1. The first-order valence-electron chi connectivity index (χ1n) is 5.56. The van der Waals surface area contributed by atoms with E-state index in [1.54, 1.807) is 0 Å². The van der Waals surface area contributed by atoms with Gasteiger partial charge in [-0.1, -0.05) is 6.92 Å². The average molecular weight is 222 g/mol. The summed E-state index contributed by atoms with van der Waals surface area (Å²) in [7, 11) is 0. The fourth-order valence-electron chi connectivity index (χ4n) is 1.59. The second-order valence-corrected chi connectivity index (χ2v) is 5.20. The van der Waals surface area contributed by atoms with E-state index in [1.807, 2.05) is 11.8 Å². The van der Waals surface area contributed by atoms with Crippen molar-refractivity contribution in [1.82, 2.24) is 5.32 Å². The topological polar surface area (TPSA) is 24.1 Å². The fourth-order valence-corrected chi connectivity index (χ4v) is 2.25. The summed E-state index contributed by atoms with van der Waals surface area (Å²) >= 11 is 1.89. The molecule has 82 valence electrons. The molecule has 1 aliphatic heterocycles. The van der Waals surface area contributed by atoms with Crippen LogP contribution in [-0.2, 0) is 0 Å². The van der Waals surface area contributed by atoms with E-state index >= 15 is 0 Å². The van der Waals surface area contributed by atoms with Gasteiger partial charge in [0.1, 0.15) is 0 Å². The molecule has 1 saturated heterocycles. The van der Waals surface area contributed by atoms with Crippen LogP contribution in [0.3, 0.4) is 0 Å². The predicted octanol–water partition coefficient (Wildman–Crippen LogP) is 2.43. The van der Waals surface area contributed by atoms with Crippen LogP contribution in [0.5, 0.6) is 0 Å². The highest BCUT2D eigenvalue weighted by atomic mass is 32.2. The highest BCUT2D eigenvalue weighted by molar-refractivity contribution is 7.99. The molecule has 1 aliphatic rings. The third-order valence-electron chi connectivity index (χ3n) is 2.63. The van der Waals surface area contributed by atoms with Crippen LogP contribution in [0.2, 0.25) is 0 Å². The lowest BCUT2D eigenvalue weighted by atomic mass is 10.0. The Morgan fingerprint density at radius 1 is 1.33 bits per heavy atom. The zero-order valence-corrected chi connectivity index (χ0v) is 9.94. The normalized spacial score (nSPS) is 16.1. The maximum absolute atomic E-state index is 3.47. The van der Waals surface area contributed by atoms with E-state index in [4.69, 9.17) is 0 Å². The molecule has 2 rings (SSSR count). The number of rotatable bonds is 5. The van der Waals surface area contributed by atoms with E-state index in [1.165, 1.54) is 10.6 Å². The molecule has 3 heteroatoms. The van der Waals surface area contributed by atoms with Crippen LogP contribution in [0.25, 0.3) is 0 Å². The van der Waals surface area contributed by atoms with Gasteiger partial charge >= 0.3 is 0 Å². The van der Waals surface area contributed by atoms with Crippen molar-refractivity contribution in [1.29, 1.82) is 0 Å². The Balaban J connectivity index is 1.80. The molecule has 2 nitrogen and oxygen atoms in total. The minimum absolute atomic E-state index is 0.815. The first kappa shape index (κ1) is 10.8. The van der Waals surface area contributed by atoms with E-state index in [0.29, 0.717) is 0 Å². The average Bonchev–Trinajstić information content (AvgIpc) is 2.19. The fraction of sp³-hybridized carbons (Fsp3) is 0.500. The summed E-state index contributed by atoms with van der Waals surface area (Å²) in [5, 5.41) is 6.75. The van der Waals surface area contributed by atoms with E-state index in [2.05, 4.69) is 41.8 Å². The summed E-state index contributed by atoms with van der Waals surface area (Å²) in [5.41, 5.74) is 1.24. The van der Waals surface area contributed by atoms with E-state index < -0.39 is 0 Å². The quantitative estimate of drug-likeness (QED) is 0.748. The zero-order valence-electron chi connectivity index (χ0n) is 9.12. The number of anilines is 1. The summed E-state index contributed by atoms with van der Waals surface area (Å²) in [6.07, 6.45) is 0. The molecule has 1 fully saturated rings. The number of hydrogen-bond acceptors (Lipinski definition) is 3. The van der Waals surface area contributed by atoms with Crippen molar-refractivity contribution in [3.63, 3.8) is 0 Å². The molecule has 0 amide bonds. The molecule has 1 aromatic carbocycles. The van der Waals surface area contributed by atoms with Gasteiger partial charge in [-0.05, 0) is 30.0 Å². The van der Waals surface area contributed by atoms with Crippen LogP contribution in [0.1, 0.15) is 6.92 Å². The minimum Gasteiger partial charge on any atom is -0.385 e. The standard InChI is InChI=1S/C12H18N2S/c1-2-15-12-5-3-11(4-6-12)14-9-10-7-13-8-10/h3-6,10,13-14H,2,7-9H2,1H3. The number of thioether (sulfide) groups is 1. The maximum atomic E-state index is 3.47. The molecule has 0 spiro atoms. The van der Waals surface area contributed by atoms with Crippen molar-refractivity contribution in [3.8, 4) is 0 Å². The second kappa shape index (κ2) is 5.42. The van der Waals surface area contributed by atoms with Crippen molar-refractivity contribution < 1.29 is 0 Å². The molecule has 15 heavy (non-hydrogen) atoms. The van der Waals surface area contributed by atoms with Crippen molar-refractivity contribution in [3.05, 3.63) is 24.3 Å². The first-order valence-corrected chi connectivity index (χ1v) is 6.54. The number of benzene rings is 1. The van der Waals surface area contributed by atoms with Gasteiger partial charge in [0.15, 0.2) is 0 Å².